The summed E-state index contributed by atoms with van der Waals surface area (Å²) in [4.78, 5) is 72.7. The lowest BCUT2D eigenvalue weighted by molar-refractivity contribution is -0.127. The SMILES string of the molecule is COc1cccc([C@H]2C3=CC[C@@H]4C(=O)N(c5cccc(C(=O)O)c5)C(=O)[C@@H]4[C@@H]3C[C@H]3C(=O)N(c4cccc(Cl)c4)C(=O)[C@@]23c2ccccc2)c1O. The van der Waals surface area contributed by atoms with Crippen molar-refractivity contribution in [1.29, 1.82) is 0 Å². The van der Waals surface area contributed by atoms with Crippen LogP contribution in [0.15, 0.2) is 109 Å². The fourth-order valence-corrected chi connectivity index (χ4v) is 9.24. The van der Waals surface area contributed by atoms with Crippen molar-refractivity contribution in [3.8, 4) is 11.5 Å². The number of benzene rings is 4. The number of phenols is 1. The van der Waals surface area contributed by atoms with E-state index < -0.39 is 64.6 Å². The molecule has 0 spiro atoms. The predicted octanol–water partition coefficient (Wildman–Crippen LogP) is 6.12. The predicted molar refractivity (Wildman–Crippen MR) is 187 cm³/mol. The lowest BCUT2D eigenvalue weighted by Gasteiger charge is -2.50. The second-order valence-electron chi connectivity index (χ2n) is 13.4. The largest absolute Gasteiger partial charge is 0.504 e. The van der Waals surface area contributed by atoms with Gasteiger partial charge in [-0.15, -0.1) is 0 Å². The Morgan fingerprint density at radius 3 is 2.24 bits per heavy atom. The first kappa shape index (κ1) is 32.5. The highest BCUT2D eigenvalue weighted by molar-refractivity contribution is 6.32. The third kappa shape index (κ3) is 4.59. The first-order valence-corrected chi connectivity index (χ1v) is 16.9. The summed E-state index contributed by atoms with van der Waals surface area (Å²) in [7, 11) is 1.42. The molecule has 10 nitrogen and oxygen atoms in total. The molecular weight excluding hydrogens is 672 g/mol. The lowest BCUT2D eigenvalue weighted by Crippen LogP contribution is -2.53. The number of carbonyl (C=O) groups is 5. The molecule has 4 aliphatic rings. The summed E-state index contributed by atoms with van der Waals surface area (Å²) >= 11 is 6.37. The molecule has 4 aromatic rings. The Bertz CT molecular complexity index is 2200. The zero-order valence-electron chi connectivity index (χ0n) is 27.2. The Hall–Kier alpha value is -5.74. The van der Waals surface area contributed by atoms with Crippen LogP contribution in [0.25, 0.3) is 0 Å². The number of carbonyl (C=O) groups excluding carboxylic acids is 4. The number of ether oxygens (including phenoxy) is 1. The fraction of sp³-hybridized carbons (Fsp3) is 0.225. The van der Waals surface area contributed by atoms with Gasteiger partial charge >= 0.3 is 5.97 Å². The molecule has 4 amide bonds. The van der Waals surface area contributed by atoms with Crippen molar-refractivity contribution >= 4 is 52.6 Å². The van der Waals surface area contributed by atoms with Crippen LogP contribution < -0.4 is 14.5 Å². The zero-order chi connectivity index (χ0) is 35.8. The Morgan fingerprint density at radius 2 is 1.53 bits per heavy atom. The maximum Gasteiger partial charge on any atom is 0.335 e. The van der Waals surface area contributed by atoms with Gasteiger partial charge in [-0.3, -0.25) is 24.1 Å². The first-order valence-electron chi connectivity index (χ1n) is 16.6. The Labute approximate surface area is 297 Å². The second kappa shape index (κ2) is 11.9. The van der Waals surface area contributed by atoms with E-state index >= 15 is 4.79 Å². The minimum atomic E-state index is -1.57. The van der Waals surface area contributed by atoms with E-state index in [9.17, 15) is 29.4 Å². The number of para-hydroxylation sites is 1. The number of phenolic OH excluding ortho intramolecular Hbond substituents is 1. The molecule has 4 aromatic carbocycles. The van der Waals surface area contributed by atoms with E-state index in [4.69, 9.17) is 16.3 Å². The molecule has 3 fully saturated rings. The quantitative estimate of drug-likeness (QED) is 0.181. The molecule has 2 aliphatic heterocycles. The molecule has 2 saturated heterocycles. The molecule has 0 radical (unpaired) electrons. The molecule has 6 atom stereocenters. The highest BCUT2D eigenvalue weighted by Gasteiger charge is 2.70. The second-order valence-corrected chi connectivity index (χ2v) is 13.8. The average Bonchev–Trinajstić information content (AvgIpc) is 3.53. The van der Waals surface area contributed by atoms with E-state index in [0.717, 1.165) is 9.80 Å². The number of amides is 4. The molecule has 2 N–H and O–H groups in total. The molecule has 2 aliphatic carbocycles. The topological polar surface area (TPSA) is 142 Å². The summed E-state index contributed by atoms with van der Waals surface area (Å²) in [5, 5.41) is 21.7. The van der Waals surface area contributed by atoms with Gasteiger partial charge in [0.25, 0.3) is 0 Å². The van der Waals surface area contributed by atoms with Crippen LogP contribution in [0.2, 0.25) is 5.02 Å². The molecule has 0 bridgehead atoms. The minimum absolute atomic E-state index is 0.0623. The molecule has 11 heteroatoms. The summed E-state index contributed by atoms with van der Waals surface area (Å²) < 4.78 is 5.51. The highest BCUT2D eigenvalue weighted by Crippen LogP contribution is 2.65. The van der Waals surface area contributed by atoms with Gasteiger partial charge in [-0.05, 0) is 66.8 Å². The number of aromatic carboxylic acids is 1. The number of anilines is 2. The van der Waals surface area contributed by atoms with Gasteiger partial charge in [0.2, 0.25) is 23.6 Å². The maximum atomic E-state index is 15.3. The number of imide groups is 2. The third-order valence-electron chi connectivity index (χ3n) is 11.1. The number of fused-ring (bicyclic) bond motifs is 4. The normalized spacial score (nSPS) is 26.8. The smallest absolute Gasteiger partial charge is 0.335 e. The summed E-state index contributed by atoms with van der Waals surface area (Å²) in [5.74, 6) is -7.51. The third-order valence-corrected chi connectivity index (χ3v) is 11.3. The van der Waals surface area contributed by atoms with Crippen LogP contribution in [-0.2, 0) is 24.6 Å². The van der Waals surface area contributed by atoms with E-state index in [0.29, 0.717) is 27.4 Å². The number of carboxylic acids is 1. The number of methoxy groups -OCH3 is 1. The number of aromatic hydroxyl groups is 1. The van der Waals surface area contributed by atoms with E-state index in [1.165, 1.54) is 31.4 Å². The van der Waals surface area contributed by atoms with Gasteiger partial charge in [0.15, 0.2) is 11.5 Å². The summed E-state index contributed by atoms with van der Waals surface area (Å²) in [6, 6.07) is 26.2. The van der Waals surface area contributed by atoms with Crippen LogP contribution in [0.5, 0.6) is 11.5 Å². The summed E-state index contributed by atoms with van der Waals surface area (Å²) in [6.45, 7) is 0. The van der Waals surface area contributed by atoms with Crippen molar-refractivity contribution in [3.63, 3.8) is 0 Å². The van der Waals surface area contributed by atoms with Crippen LogP contribution in [0.1, 0.15) is 40.2 Å². The van der Waals surface area contributed by atoms with Crippen molar-refractivity contribution < 1.29 is 38.9 Å². The van der Waals surface area contributed by atoms with Gasteiger partial charge in [0.1, 0.15) is 0 Å². The molecule has 256 valence electrons. The van der Waals surface area contributed by atoms with Crippen LogP contribution in [0.4, 0.5) is 11.4 Å². The van der Waals surface area contributed by atoms with Gasteiger partial charge in [-0.2, -0.15) is 0 Å². The fourth-order valence-electron chi connectivity index (χ4n) is 9.06. The van der Waals surface area contributed by atoms with Crippen molar-refractivity contribution in [1.82, 2.24) is 0 Å². The minimum Gasteiger partial charge on any atom is -0.504 e. The van der Waals surface area contributed by atoms with Gasteiger partial charge in [-0.25, -0.2) is 9.69 Å². The van der Waals surface area contributed by atoms with Gasteiger partial charge in [0, 0.05) is 16.5 Å². The standard InChI is InChI=1S/C40H31ClN2O8/c1-51-31-15-7-14-28(34(31)44)33-26-16-17-27-32(37(47)42(35(27)45)24-12-5-8-21(18-24)38(48)49)29(26)20-30-36(46)43(25-13-6-11-23(41)19-25)39(50)40(30,33)22-9-3-2-4-10-22/h2-16,18-19,27,29-30,32-33,44H,17,20H2,1H3,(H,48,49)/t27-,29+,30-,32-,33+,40+/m0/s1. The van der Waals surface area contributed by atoms with Crippen LogP contribution >= 0.6 is 11.6 Å². The number of nitrogens with zero attached hydrogens (tertiary/aromatic N) is 2. The van der Waals surface area contributed by atoms with E-state index in [1.807, 2.05) is 12.1 Å². The first-order chi connectivity index (χ1) is 24.6. The average molecular weight is 703 g/mol. The number of hydrogen-bond acceptors (Lipinski definition) is 7. The number of carboxylic acid groups (broad SMARTS) is 1. The van der Waals surface area contributed by atoms with E-state index in [1.54, 1.807) is 66.7 Å². The van der Waals surface area contributed by atoms with E-state index in [-0.39, 0.29) is 35.6 Å². The van der Waals surface area contributed by atoms with Crippen molar-refractivity contribution in [2.24, 2.45) is 23.7 Å². The monoisotopic (exact) mass is 702 g/mol. The number of allylic oxidation sites excluding steroid dienone is 2. The van der Waals surface area contributed by atoms with Gasteiger partial charge < -0.3 is 14.9 Å². The van der Waals surface area contributed by atoms with Gasteiger partial charge in [0.05, 0.1) is 47.2 Å². The number of hydrogen-bond donors (Lipinski definition) is 2. The molecule has 0 unspecified atom stereocenters. The maximum absolute atomic E-state index is 15.3. The van der Waals surface area contributed by atoms with Crippen LogP contribution in [0, 0.1) is 23.7 Å². The molecule has 51 heavy (non-hydrogen) atoms. The van der Waals surface area contributed by atoms with Crippen LogP contribution in [0.3, 0.4) is 0 Å². The molecule has 8 rings (SSSR count). The van der Waals surface area contributed by atoms with Gasteiger partial charge in [-0.1, -0.05) is 77.8 Å². The molecule has 0 aromatic heterocycles. The van der Waals surface area contributed by atoms with E-state index in [2.05, 4.69) is 0 Å². The molecular formula is C40H31ClN2O8. The Balaban J connectivity index is 1.35. The summed E-state index contributed by atoms with van der Waals surface area (Å²) in [5.41, 5.74) is 0.370. The number of rotatable bonds is 6. The number of halogens is 1. The van der Waals surface area contributed by atoms with Crippen molar-refractivity contribution in [3.05, 3.63) is 130 Å². The lowest BCUT2D eigenvalue weighted by atomic mass is 9.49. The highest BCUT2D eigenvalue weighted by atomic mass is 35.5. The molecule has 1 saturated carbocycles. The molecule has 2 heterocycles. The van der Waals surface area contributed by atoms with Crippen molar-refractivity contribution in [2.75, 3.05) is 16.9 Å². The van der Waals surface area contributed by atoms with Crippen LogP contribution in [-0.4, -0.2) is 46.9 Å². The Morgan fingerprint density at radius 1 is 0.824 bits per heavy atom. The zero-order valence-corrected chi connectivity index (χ0v) is 28.0. The summed E-state index contributed by atoms with van der Waals surface area (Å²) in [6.07, 6.45) is 2.11. The van der Waals surface area contributed by atoms with Crippen molar-refractivity contribution in [2.45, 2.75) is 24.2 Å². The Kier molecular flexibility index (Phi) is 7.61.